The van der Waals surface area contributed by atoms with Gasteiger partial charge in [0.25, 0.3) is 0 Å². The summed E-state index contributed by atoms with van der Waals surface area (Å²) >= 11 is 1.27. The zero-order valence-electron chi connectivity index (χ0n) is 14.3. The third-order valence-corrected chi connectivity index (χ3v) is 4.80. The Kier molecular flexibility index (Phi) is 5.58. The van der Waals surface area contributed by atoms with Gasteiger partial charge < -0.3 is 10.7 Å². The molecular weight excluding hydrogens is 351 g/mol. The van der Waals surface area contributed by atoms with Crippen molar-refractivity contribution < 1.29 is 9.18 Å². The van der Waals surface area contributed by atoms with Crippen LogP contribution in [0.1, 0.15) is 6.92 Å². The first-order valence-corrected chi connectivity index (χ1v) is 9.15. The lowest BCUT2D eigenvalue weighted by Gasteiger charge is -2.20. The van der Waals surface area contributed by atoms with Crippen molar-refractivity contribution in [3.05, 3.63) is 66.6 Å². The molecule has 1 aromatic heterocycles. The van der Waals surface area contributed by atoms with Gasteiger partial charge in [0.1, 0.15) is 5.82 Å². The smallest absolute Gasteiger partial charge is 0.237 e. The highest BCUT2D eigenvalue weighted by atomic mass is 32.2. The Morgan fingerprint density at radius 1 is 1.19 bits per heavy atom. The number of thioether (sulfide) groups is 1. The van der Waals surface area contributed by atoms with Gasteiger partial charge >= 0.3 is 0 Å². The molecule has 1 amide bonds. The monoisotopic (exact) mass is 370 g/mol. The molecule has 0 radical (unpaired) electrons. The highest BCUT2D eigenvalue weighted by Gasteiger charge is 2.16. The van der Waals surface area contributed by atoms with Gasteiger partial charge in [0, 0.05) is 17.8 Å². The molecule has 0 spiro atoms. The third-order valence-electron chi connectivity index (χ3n) is 3.85. The van der Waals surface area contributed by atoms with Crippen molar-refractivity contribution in [3.63, 3.8) is 0 Å². The minimum absolute atomic E-state index is 0.0895. The van der Waals surface area contributed by atoms with E-state index in [0.717, 1.165) is 11.3 Å². The van der Waals surface area contributed by atoms with Gasteiger partial charge in [-0.3, -0.25) is 4.79 Å². The van der Waals surface area contributed by atoms with Crippen LogP contribution in [0.4, 0.5) is 10.1 Å². The predicted molar refractivity (Wildman–Crippen MR) is 103 cm³/mol. The number of anilines is 1. The first-order chi connectivity index (χ1) is 12.6. The molecule has 0 saturated heterocycles. The second kappa shape index (κ2) is 8.05. The Bertz CT molecular complexity index is 880. The summed E-state index contributed by atoms with van der Waals surface area (Å²) in [5.41, 5.74) is 2.39. The molecule has 0 aliphatic heterocycles. The van der Waals surface area contributed by atoms with E-state index in [4.69, 9.17) is 5.84 Å². The van der Waals surface area contributed by atoms with Crippen LogP contribution in [0.25, 0.3) is 11.3 Å². The number of benzene rings is 2. The number of carbonyl (C=O) groups excluding carboxylic acids is 1. The predicted octanol–water partition coefficient (Wildman–Crippen LogP) is 3.55. The van der Waals surface area contributed by atoms with Gasteiger partial charge in [-0.2, -0.15) is 0 Å². The summed E-state index contributed by atoms with van der Waals surface area (Å²) in [6, 6.07) is 15.6. The Balaban J connectivity index is 1.69. The lowest BCUT2D eigenvalue weighted by molar-refractivity contribution is -0.116. The molecule has 0 atom stereocenters. The van der Waals surface area contributed by atoms with Crippen molar-refractivity contribution in [2.75, 3.05) is 23.0 Å². The highest BCUT2D eigenvalue weighted by molar-refractivity contribution is 7.99. The summed E-state index contributed by atoms with van der Waals surface area (Å²) in [5.74, 6) is 5.74. The molecular formula is C19H19FN4OS. The maximum atomic E-state index is 13.1. The van der Waals surface area contributed by atoms with Crippen molar-refractivity contribution in [3.8, 4) is 11.3 Å². The molecule has 0 saturated carbocycles. The number of rotatable bonds is 6. The standard InChI is InChI=1S/C19H19FN4OS/c1-2-23(16-10-8-15(20)9-11-16)18(25)13-26-19-22-17(12-24(19)21)14-6-4-3-5-7-14/h3-12H,2,13,21H2,1H3. The van der Waals surface area contributed by atoms with Crippen LogP contribution < -0.4 is 10.7 Å². The molecule has 3 rings (SSSR count). The molecule has 0 fully saturated rings. The first kappa shape index (κ1) is 18.0. The van der Waals surface area contributed by atoms with Crippen molar-refractivity contribution in [1.82, 2.24) is 9.66 Å². The SMILES string of the molecule is CCN(C(=O)CSc1nc(-c2ccccc2)cn1N)c1ccc(F)cc1. The topological polar surface area (TPSA) is 64.2 Å². The number of nitrogens with two attached hydrogens (primary N) is 1. The van der Waals surface area contributed by atoms with Crippen LogP contribution in [0.2, 0.25) is 0 Å². The van der Waals surface area contributed by atoms with Crippen LogP contribution in [0.15, 0.2) is 66.0 Å². The van der Waals surface area contributed by atoms with Gasteiger partial charge in [0.15, 0.2) is 5.16 Å². The summed E-state index contributed by atoms with van der Waals surface area (Å²) in [5, 5.41) is 0.562. The fraction of sp³-hybridized carbons (Fsp3) is 0.158. The molecule has 3 aromatic rings. The van der Waals surface area contributed by atoms with Crippen LogP contribution >= 0.6 is 11.8 Å². The van der Waals surface area contributed by atoms with E-state index in [2.05, 4.69) is 4.98 Å². The van der Waals surface area contributed by atoms with Crippen LogP contribution in [-0.4, -0.2) is 27.9 Å². The maximum absolute atomic E-state index is 13.1. The van der Waals surface area contributed by atoms with E-state index in [0.29, 0.717) is 17.4 Å². The van der Waals surface area contributed by atoms with E-state index in [9.17, 15) is 9.18 Å². The molecule has 5 nitrogen and oxygen atoms in total. The number of imidazole rings is 1. The first-order valence-electron chi connectivity index (χ1n) is 8.17. The maximum Gasteiger partial charge on any atom is 0.237 e. The summed E-state index contributed by atoms with van der Waals surface area (Å²) in [7, 11) is 0. The van der Waals surface area contributed by atoms with Gasteiger partial charge in [-0.05, 0) is 31.2 Å². The minimum Gasteiger partial charge on any atom is -0.337 e. The number of hydrogen-bond donors (Lipinski definition) is 1. The van der Waals surface area contributed by atoms with Gasteiger partial charge in [0.05, 0.1) is 17.6 Å². The second-order valence-electron chi connectivity index (χ2n) is 5.59. The van der Waals surface area contributed by atoms with E-state index in [1.165, 1.54) is 28.6 Å². The Morgan fingerprint density at radius 3 is 2.54 bits per heavy atom. The molecule has 134 valence electrons. The van der Waals surface area contributed by atoms with Gasteiger partial charge in [-0.25, -0.2) is 14.1 Å². The molecule has 0 aliphatic rings. The number of nitrogens with zero attached hydrogens (tertiary/aromatic N) is 3. The summed E-state index contributed by atoms with van der Waals surface area (Å²) in [4.78, 5) is 18.7. The molecule has 26 heavy (non-hydrogen) atoms. The third kappa shape index (κ3) is 4.05. The average Bonchev–Trinajstić information content (AvgIpc) is 3.04. The van der Waals surface area contributed by atoms with E-state index in [1.54, 1.807) is 23.2 Å². The molecule has 0 aliphatic carbocycles. The number of hydrogen-bond acceptors (Lipinski definition) is 4. The van der Waals surface area contributed by atoms with Gasteiger partial charge in [0.2, 0.25) is 5.91 Å². The Morgan fingerprint density at radius 2 is 1.88 bits per heavy atom. The number of amides is 1. The number of aromatic nitrogens is 2. The summed E-state index contributed by atoms with van der Waals surface area (Å²) in [6.45, 7) is 2.38. The number of halogens is 1. The van der Waals surface area contributed by atoms with Crippen molar-refractivity contribution in [2.45, 2.75) is 12.1 Å². The van der Waals surface area contributed by atoms with Crippen LogP contribution in [0, 0.1) is 5.82 Å². The van der Waals surface area contributed by atoms with Gasteiger partial charge in [-0.1, -0.05) is 42.1 Å². The molecule has 0 bridgehead atoms. The zero-order valence-corrected chi connectivity index (χ0v) is 15.1. The lowest BCUT2D eigenvalue weighted by atomic mass is 10.2. The Labute approximate surface area is 155 Å². The molecule has 1 heterocycles. The van der Waals surface area contributed by atoms with Crippen molar-refractivity contribution in [2.24, 2.45) is 0 Å². The van der Waals surface area contributed by atoms with E-state index < -0.39 is 0 Å². The largest absolute Gasteiger partial charge is 0.337 e. The normalized spacial score (nSPS) is 10.7. The number of nitrogen functional groups attached to an aromatic ring is 1. The minimum atomic E-state index is -0.328. The van der Waals surface area contributed by atoms with Crippen LogP contribution in [-0.2, 0) is 4.79 Å². The van der Waals surface area contributed by atoms with Crippen LogP contribution in [0.5, 0.6) is 0 Å². The molecule has 0 unspecified atom stereocenters. The fourth-order valence-electron chi connectivity index (χ4n) is 2.56. The summed E-state index contributed by atoms with van der Waals surface area (Å²) in [6.07, 6.45) is 1.74. The summed E-state index contributed by atoms with van der Waals surface area (Å²) < 4.78 is 14.5. The van der Waals surface area contributed by atoms with E-state index in [1.807, 2.05) is 37.3 Å². The molecule has 7 heteroatoms. The average molecular weight is 370 g/mol. The highest BCUT2D eigenvalue weighted by Crippen LogP contribution is 2.24. The molecule has 2 N–H and O–H groups in total. The zero-order chi connectivity index (χ0) is 18.5. The van der Waals surface area contributed by atoms with Gasteiger partial charge in [-0.15, -0.1) is 0 Å². The molecule has 2 aromatic carbocycles. The second-order valence-corrected chi connectivity index (χ2v) is 6.53. The van der Waals surface area contributed by atoms with Crippen molar-refractivity contribution in [1.29, 1.82) is 0 Å². The van der Waals surface area contributed by atoms with Crippen LogP contribution in [0.3, 0.4) is 0 Å². The lowest BCUT2D eigenvalue weighted by Crippen LogP contribution is -2.32. The van der Waals surface area contributed by atoms with E-state index >= 15 is 0 Å². The fourth-order valence-corrected chi connectivity index (χ4v) is 3.33. The van der Waals surface area contributed by atoms with Crippen molar-refractivity contribution >= 4 is 23.4 Å². The quantitative estimate of drug-likeness (QED) is 0.532. The number of carbonyl (C=O) groups is 1. The van der Waals surface area contributed by atoms with E-state index in [-0.39, 0.29) is 17.5 Å². The Hall–Kier alpha value is -2.80.